The Hall–Kier alpha value is -1.91. The van der Waals surface area contributed by atoms with Gasteiger partial charge in [0.1, 0.15) is 5.82 Å². The summed E-state index contributed by atoms with van der Waals surface area (Å²) in [5.41, 5.74) is 1.97. The molecule has 1 aliphatic carbocycles. The van der Waals surface area contributed by atoms with Gasteiger partial charge < -0.3 is 10.1 Å². The Morgan fingerprint density at radius 2 is 2.30 bits per heavy atom. The average molecular weight is 277 g/mol. The van der Waals surface area contributed by atoms with Gasteiger partial charge in [-0.15, -0.1) is 0 Å². The minimum absolute atomic E-state index is 0.0170. The zero-order valence-corrected chi connectivity index (χ0v) is 11.0. The number of rotatable bonds is 3. The van der Waals surface area contributed by atoms with E-state index in [0.717, 1.165) is 24.0 Å². The highest BCUT2D eigenvalue weighted by molar-refractivity contribution is 5.79. The molecule has 2 atom stereocenters. The third-order valence-electron chi connectivity index (χ3n) is 3.93. The number of fused-ring (bicyclic) bond motifs is 1. The van der Waals surface area contributed by atoms with E-state index in [2.05, 4.69) is 5.32 Å². The number of ether oxygens (including phenoxy) is 1. The summed E-state index contributed by atoms with van der Waals surface area (Å²) >= 11 is 0. The molecule has 20 heavy (non-hydrogen) atoms. The van der Waals surface area contributed by atoms with Crippen LogP contribution < -0.4 is 5.32 Å². The monoisotopic (exact) mass is 277 g/mol. The van der Waals surface area contributed by atoms with E-state index in [0.29, 0.717) is 19.4 Å². The maximum absolute atomic E-state index is 13.1. The van der Waals surface area contributed by atoms with Crippen molar-refractivity contribution in [3.8, 4) is 0 Å². The summed E-state index contributed by atoms with van der Waals surface area (Å²) in [7, 11) is 0. The van der Waals surface area contributed by atoms with Crippen LogP contribution in [0.5, 0.6) is 0 Å². The maximum Gasteiger partial charge on any atom is 0.306 e. The van der Waals surface area contributed by atoms with Crippen molar-refractivity contribution in [2.45, 2.75) is 31.7 Å². The van der Waals surface area contributed by atoms with Crippen molar-refractivity contribution in [3.05, 3.63) is 35.1 Å². The number of cyclic esters (lactones) is 1. The van der Waals surface area contributed by atoms with Gasteiger partial charge in [0, 0.05) is 12.3 Å². The Morgan fingerprint density at radius 3 is 3.05 bits per heavy atom. The topological polar surface area (TPSA) is 55.4 Å². The number of halogens is 1. The van der Waals surface area contributed by atoms with Crippen LogP contribution in [0.3, 0.4) is 0 Å². The van der Waals surface area contributed by atoms with E-state index in [1.807, 2.05) is 0 Å². The van der Waals surface area contributed by atoms with Gasteiger partial charge in [0.25, 0.3) is 0 Å². The van der Waals surface area contributed by atoms with Crippen LogP contribution in [0.4, 0.5) is 4.39 Å². The second kappa shape index (κ2) is 5.23. The van der Waals surface area contributed by atoms with Crippen LogP contribution >= 0.6 is 0 Å². The highest BCUT2D eigenvalue weighted by Crippen LogP contribution is 2.31. The fourth-order valence-electron chi connectivity index (χ4n) is 2.95. The molecule has 5 heteroatoms. The number of benzene rings is 1. The third kappa shape index (κ3) is 2.66. The Kier molecular flexibility index (Phi) is 3.42. The number of hydrogen-bond acceptors (Lipinski definition) is 3. The number of carbonyl (C=O) groups excluding carboxylic acids is 2. The zero-order valence-electron chi connectivity index (χ0n) is 11.0. The minimum atomic E-state index is -0.239. The van der Waals surface area contributed by atoms with Gasteiger partial charge in [-0.1, -0.05) is 6.07 Å². The van der Waals surface area contributed by atoms with Crippen molar-refractivity contribution in [3.63, 3.8) is 0 Å². The van der Waals surface area contributed by atoms with E-state index in [4.69, 9.17) is 4.74 Å². The predicted octanol–water partition coefficient (Wildman–Crippen LogP) is 1.88. The Balaban J connectivity index is 1.59. The minimum Gasteiger partial charge on any atom is -0.465 e. The highest BCUT2D eigenvalue weighted by atomic mass is 19.1. The number of esters is 1. The molecule has 0 aromatic heterocycles. The molecule has 3 rings (SSSR count). The van der Waals surface area contributed by atoms with Crippen molar-refractivity contribution in [2.24, 2.45) is 5.92 Å². The molecule has 106 valence electrons. The van der Waals surface area contributed by atoms with Gasteiger partial charge in [-0.3, -0.25) is 9.59 Å². The van der Waals surface area contributed by atoms with E-state index < -0.39 is 0 Å². The quantitative estimate of drug-likeness (QED) is 0.858. The van der Waals surface area contributed by atoms with Crippen LogP contribution in [-0.2, 0) is 20.7 Å². The molecule has 0 radical (unpaired) electrons. The summed E-state index contributed by atoms with van der Waals surface area (Å²) in [4.78, 5) is 23.0. The predicted molar refractivity (Wildman–Crippen MR) is 69.3 cm³/mol. The first kappa shape index (κ1) is 13.1. The van der Waals surface area contributed by atoms with Gasteiger partial charge >= 0.3 is 5.97 Å². The normalized spacial score (nSPS) is 24.4. The Morgan fingerprint density at radius 1 is 1.45 bits per heavy atom. The van der Waals surface area contributed by atoms with Crippen molar-refractivity contribution >= 4 is 11.9 Å². The number of aryl methyl sites for hydroxylation is 1. The van der Waals surface area contributed by atoms with E-state index in [9.17, 15) is 14.0 Å². The standard InChI is InChI=1S/C15H16FNO3/c16-11-2-3-12-10(7-11)1-4-13(12)17-14(18)5-9-6-15(19)20-8-9/h2-3,7,9,13H,1,4-6,8H2,(H,17,18)/t9?,13-/m1/s1. The molecule has 0 saturated carbocycles. The summed E-state index contributed by atoms with van der Waals surface area (Å²) < 4.78 is 18.0. The molecule has 1 amide bonds. The Labute approximate surface area is 116 Å². The van der Waals surface area contributed by atoms with E-state index in [1.165, 1.54) is 12.1 Å². The molecule has 1 aliphatic heterocycles. The van der Waals surface area contributed by atoms with Gasteiger partial charge in [0.2, 0.25) is 5.91 Å². The first-order valence-corrected chi connectivity index (χ1v) is 6.85. The van der Waals surface area contributed by atoms with E-state index in [1.54, 1.807) is 6.07 Å². The molecule has 1 unspecified atom stereocenters. The molecule has 1 saturated heterocycles. The van der Waals surface area contributed by atoms with Crippen molar-refractivity contribution in [2.75, 3.05) is 6.61 Å². The maximum atomic E-state index is 13.1. The number of hydrogen-bond donors (Lipinski definition) is 1. The van der Waals surface area contributed by atoms with E-state index >= 15 is 0 Å². The van der Waals surface area contributed by atoms with Crippen molar-refractivity contribution < 1.29 is 18.7 Å². The second-order valence-corrected chi connectivity index (χ2v) is 5.46. The number of carbonyl (C=O) groups is 2. The lowest BCUT2D eigenvalue weighted by atomic mass is 10.0. The number of amides is 1. The number of nitrogens with one attached hydrogen (secondary N) is 1. The molecule has 1 fully saturated rings. The molecule has 1 aromatic rings. The van der Waals surface area contributed by atoms with Gasteiger partial charge in [-0.25, -0.2) is 4.39 Å². The SMILES string of the molecule is O=C(CC1COC(=O)C1)N[C@@H]1CCc2cc(F)ccc21. The van der Waals surface area contributed by atoms with Gasteiger partial charge in [0.15, 0.2) is 0 Å². The molecule has 2 aliphatic rings. The van der Waals surface area contributed by atoms with E-state index in [-0.39, 0.29) is 29.7 Å². The first-order valence-electron chi connectivity index (χ1n) is 6.85. The smallest absolute Gasteiger partial charge is 0.306 e. The molecule has 1 aromatic carbocycles. The van der Waals surface area contributed by atoms with Gasteiger partial charge in [0.05, 0.1) is 19.1 Å². The van der Waals surface area contributed by atoms with Crippen LogP contribution in [-0.4, -0.2) is 18.5 Å². The van der Waals surface area contributed by atoms with Gasteiger partial charge in [-0.05, 0) is 36.1 Å². The zero-order chi connectivity index (χ0) is 14.1. The lowest BCUT2D eigenvalue weighted by Crippen LogP contribution is -2.29. The molecular weight excluding hydrogens is 261 g/mol. The summed E-state index contributed by atoms with van der Waals surface area (Å²) in [6.07, 6.45) is 2.20. The Bertz CT molecular complexity index is 558. The van der Waals surface area contributed by atoms with Crippen molar-refractivity contribution in [1.82, 2.24) is 5.32 Å². The van der Waals surface area contributed by atoms with Crippen molar-refractivity contribution in [1.29, 1.82) is 0 Å². The third-order valence-corrected chi connectivity index (χ3v) is 3.93. The lowest BCUT2D eigenvalue weighted by Gasteiger charge is -2.15. The average Bonchev–Trinajstić information content (AvgIpc) is 2.96. The molecular formula is C15H16FNO3. The highest BCUT2D eigenvalue weighted by Gasteiger charge is 2.28. The van der Waals surface area contributed by atoms with Crippen LogP contribution in [0, 0.1) is 11.7 Å². The largest absolute Gasteiger partial charge is 0.465 e. The molecule has 1 heterocycles. The fourth-order valence-corrected chi connectivity index (χ4v) is 2.95. The summed E-state index contributed by atoms with van der Waals surface area (Å²) in [6, 6.07) is 4.65. The summed E-state index contributed by atoms with van der Waals surface area (Å²) in [5.74, 6) is -0.561. The second-order valence-electron chi connectivity index (χ2n) is 5.46. The summed E-state index contributed by atoms with van der Waals surface area (Å²) in [5, 5.41) is 2.97. The summed E-state index contributed by atoms with van der Waals surface area (Å²) in [6.45, 7) is 0.332. The molecule has 1 N–H and O–H groups in total. The fraction of sp³-hybridized carbons (Fsp3) is 0.467. The molecule has 0 spiro atoms. The van der Waals surface area contributed by atoms with Crippen LogP contribution in [0.1, 0.15) is 36.4 Å². The molecule has 0 bridgehead atoms. The van der Waals surface area contributed by atoms with Gasteiger partial charge in [-0.2, -0.15) is 0 Å². The lowest BCUT2D eigenvalue weighted by molar-refractivity contribution is -0.138. The van der Waals surface area contributed by atoms with Crippen LogP contribution in [0.25, 0.3) is 0 Å². The molecule has 4 nitrogen and oxygen atoms in total. The first-order chi connectivity index (χ1) is 9.61. The van der Waals surface area contributed by atoms with Crippen LogP contribution in [0.2, 0.25) is 0 Å². The van der Waals surface area contributed by atoms with Crippen LogP contribution in [0.15, 0.2) is 18.2 Å².